The van der Waals surface area contributed by atoms with Gasteiger partial charge in [0.2, 0.25) is 0 Å². The van der Waals surface area contributed by atoms with Gasteiger partial charge < -0.3 is 24.8 Å². The van der Waals surface area contributed by atoms with E-state index in [0.29, 0.717) is 18.0 Å². The first-order valence-electron chi connectivity index (χ1n) is 7.19. The van der Waals surface area contributed by atoms with Gasteiger partial charge in [0.25, 0.3) is 5.91 Å². The number of amides is 1. The molecule has 6 nitrogen and oxygen atoms in total. The molecule has 1 aliphatic heterocycles. The molecule has 2 N–H and O–H groups in total. The molecular weight excluding hydrogens is 272 g/mol. The molecule has 1 saturated carbocycles. The zero-order valence-corrected chi connectivity index (χ0v) is 12.2. The molecule has 0 spiro atoms. The minimum absolute atomic E-state index is 0.0480. The molecule has 21 heavy (non-hydrogen) atoms. The van der Waals surface area contributed by atoms with Crippen LogP contribution < -0.4 is 15.4 Å². The fourth-order valence-electron chi connectivity index (χ4n) is 2.80. The van der Waals surface area contributed by atoms with Crippen LogP contribution in [0.25, 0.3) is 0 Å². The van der Waals surface area contributed by atoms with E-state index < -0.39 is 0 Å². The van der Waals surface area contributed by atoms with Crippen molar-refractivity contribution in [2.24, 2.45) is 0 Å². The summed E-state index contributed by atoms with van der Waals surface area (Å²) in [6.07, 6.45) is 1.11. The molecule has 0 radical (unpaired) electrons. The van der Waals surface area contributed by atoms with E-state index in [1.165, 1.54) is 0 Å². The normalized spacial score (nSPS) is 27.1. The summed E-state index contributed by atoms with van der Waals surface area (Å²) in [5.74, 6) is 0.568. The molecule has 2 aliphatic rings. The molecule has 0 saturated heterocycles. The predicted molar refractivity (Wildman–Crippen MR) is 78.8 cm³/mol. The van der Waals surface area contributed by atoms with E-state index in [2.05, 4.69) is 10.6 Å². The fourth-order valence-corrected chi connectivity index (χ4v) is 2.80. The largest absolute Gasteiger partial charge is 0.482 e. The van der Waals surface area contributed by atoms with Crippen LogP contribution in [0.1, 0.15) is 13.3 Å². The second-order valence-corrected chi connectivity index (χ2v) is 5.23. The molecule has 6 heteroatoms. The van der Waals surface area contributed by atoms with Gasteiger partial charge in [0, 0.05) is 19.4 Å². The first-order valence-corrected chi connectivity index (χ1v) is 7.19. The zero-order valence-electron chi connectivity index (χ0n) is 12.2. The van der Waals surface area contributed by atoms with E-state index in [9.17, 15) is 4.79 Å². The van der Waals surface area contributed by atoms with Gasteiger partial charge in [0.05, 0.1) is 17.8 Å². The summed E-state index contributed by atoms with van der Waals surface area (Å²) in [4.78, 5) is 11.3. The summed E-state index contributed by atoms with van der Waals surface area (Å²) in [7, 11) is 1.70. The highest BCUT2D eigenvalue weighted by atomic mass is 16.5. The topological polar surface area (TPSA) is 68.8 Å². The molecule has 1 fully saturated rings. The molecule has 1 aromatic rings. The molecular formula is C15H20N2O4. The van der Waals surface area contributed by atoms with E-state index in [1.54, 1.807) is 7.11 Å². The summed E-state index contributed by atoms with van der Waals surface area (Å²) in [6, 6.07) is 5.90. The quantitative estimate of drug-likeness (QED) is 0.863. The number of carbonyl (C=O) groups is 1. The molecule has 3 unspecified atom stereocenters. The van der Waals surface area contributed by atoms with Gasteiger partial charge in [-0.3, -0.25) is 4.79 Å². The smallest absolute Gasteiger partial charge is 0.262 e. The van der Waals surface area contributed by atoms with E-state index >= 15 is 0 Å². The maximum atomic E-state index is 11.3. The highest BCUT2D eigenvalue weighted by molar-refractivity contribution is 5.96. The third-order valence-corrected chi connectivity index (χ3v) is 3.87. The molecule has 114 valence electrons. The Labute approximate surface area is 123 Å². The van der Waals surface area contributed by atoms with Gasteiger partial charge in [-0.2, -0.15) is 0 Å². The van der Waals surface area contributed by atoms with Gasteiger partial charge in [-0.25, -0.2) is 0 Å². The minimum atomic E-state index is -0.130. The summed E-state index contributed by atoms with van der Waals surface area (Å²) in [6.45, 7) is 2.75. The van der Waals surface area contributed by atoms with Gasteiger partial charge in [-0.05, 0) is 31.5 Å². The number of hydrogen-bond acceptors (Lipinski definition) is 5. The first kappa shape index (κ1) is 14.2. The Hall–Kier alpha value is -1.79. The number of ether oxygens (including phenoxy) is 3. The third kappa shape index (κ3) is 2.82. The van der Waals surface area contributed by atoms with Crippen LogP contribution in [0.2, 0.25) is 0 Å². The molecule has 1 aromatic carbocycles. The van der Waals surface area contributed by atoms with Crippen LogP contribution in [0.5, 0.6) is 5.75 Å². The van der Waals surface area contributed by atoms with Crippen molar-refractivity contribution in [1.82, 2.24) is 0 Å². The molecule has 0 aromatic heterocycles. The number of hydrogen-bond donors (Lipinski definition) is 2. The number of fused-ring (bicyclic) bond motifs is 1. The second kappa shape index (κ2) is 5.91. The molecule has 1 amide bonds. The second-order valence-electron chi connectivity index (χ2n) is 5.23. The SMILES string of the molecule is CCOC1CC(Nc2ccc3c(c2)NC(=O)CO3)C1OC. The lowest BCUT2D eigenvalue weighted by atomic mass is 9.85. The number of anilines is 2. The summed E-state index contributed by atoms with van der Waals surface area (Å²) in [5, 5.41) is 6.22. The Morgan fingerprint density at radius 1 is 1.48 bits per heavy atom. The van der Waals surface area contributed by atoms with Crippen molar-refractivity contribution >= 4 is 17.3 Å². The van der Waals surface area contributed by atoms with Gasteiger partial charge in [0.1, 0.15) is 11.9 Å². The summed E-state index contributed by atoms with van der Waals surface area (Å²) >= 11 is 0. The number of methoxy groups -OCH3 is 1. The Morgan fingerprint density at radius 3 is 3.10 bits per heavy atom. The lowest BCUT2D eigenvalue weighted by Gasteiger charge is -2.43. The van der Waals surface area contributed by atoms with Crippen molar-refractivity contribution in [3.8, 4) is 5.75 Å². The number of benzene rings is 1. The molecule has 1 aliphatic carbocycles. The first-order chi connectivity index (χ1) is 10.2. The minimum Gasteiger partial charge on any atom is -0.482 e. The van der Waals surface area contributed by atoms with Crippen molar-refractivity contribution in [1.29, 1.82) is 0 Å². The maximum absolute atomic E-state index is 11.3. The van der Waals surface area contributed by atoms with Crippen LogP contribution in [-0.4, -0.2) is 44.5 Å². The average Bonchev–Trinajstić information content (AvgIpc) is 2.46. The fraction of sp³-hybridized carbons (Fsp3) is 0.533. The van der Waals surface area contributed by atoms with Gasteiger partial charge in [-0.15, -0.1) is 0 Å². The van der Waals surface area contributed by atoms with Crippen molar-refractivity contribution in [3.05, 3.63) is 18.2 Å². The summed E-state index contributed by atoms with van der Waals surface area (Å²) < 4.78 is 16.4. The predicted octanol–water partition coefficient (Wildman–Crippen LogP) is 1.62. The third-order valence-electron chi connectivity index (χ3n) is 3.87. The monoisotopic (exact) mass is 292 g/mol. The average molecular weight is 292 g/mol. The number of rotatable bonds is 5. The molecule has 1 heterocycles. The highest BCUT2D eigenvalue weighted by Crippen LogP contribution is 2.34. The van der Waals surface area contributed by atoms with Crippen LogP contribution in [0.4, 0.5) is 11.4 Å². The van der Waals surface area contributed by atoms with Crippen molar-refractivity contribution in [2.75, 3.05) is 31.0 Å². The van der Waals surface area contributed by atoms with Gasteiger partial charge >= 0.3 is 0 Å². The lowest BCUT2D eigenvalue weighted by molar-refractivity contribution is -0.118. The number of nitrogens with one attached hydrogen (secondary N) is 2. The van der Waals surface area contributed by atoms with E-state index in [-0.39, 0.29) is 30.8 Å². The summed E-state index contributed by atoms with van der Waals surface area (Å²) in [5.41, 5.74) is 1.63. The Kier molecular flexibility index (Phi) is 3.98. The van der Waals surface area contributed by atoms with Crippen molar-refractivity contribution < 1.29 is 19.0 Å². The van der Waals surface area contributed by atoms with Crippen LogP contribution >= 0.6 is 0 Å². The van der Waals surface area contributed by atoms with Crippen LogP contribution in [0.3, 0.4) is 0 Å². The lowest BCUT2D eigenvalue weighted by Crippen LogP contribution is -2.56. The number of carbonyl (C=O) groups excluding carboxylic acids is 1. The molecule has 3 rings (SSSR count). The van der Waals surface area contributed by atoms with Crippen LogP contribution in [-0.2, 0) is 14.3 Å². The Morgan fingerprint density at radius 2 is 2.33 bits per heavy atom. The molecule has 0 bridgehead atoms. The Bertz CT molecular complexity index is 534. The van der Waals surface area contributed by atoms with E-state index in [0.717, 1.165) is 12.1 Å². The molecule has 3 atom stereocenters. The maximum Gasteiger partial charge on any atom is 0.262 e. The van der Waals surface area contributed by atoms with E-state index in [4.69, 9.17) is 14.2 Å². The van der Waals surface area contributed by atoms with Crippen LogP contribution in [0, 0.1) is 0 Å². The highest BCUT2D eigenvalue weighted by Gasteiger charge is 2.42. The van der Waals surface area contributed by atoms with Gasteiger partial charge in [-0.1, -0.05) is 0 Å². The zero-order chi connectivity index (χ0) is 14.8. The van der Waals surface area contributed by atoms with E-state index in [1.807, 2.05) is 25.1 Å². The van der Waals surface area contributed by atoms with Crippen molar-refractivity contribution in [2.45, 2.75) is 31.6 Å². The van der Waals surface area contributed by atoms with Crippen LogP contribution in [0.15, 0.2) is 18.2 Å². The van der Waals surface area contributed by atoms with Crippen molar-refractivity contribution in [3.63, 3.8) is 0 Å². The Balaban J connectivity index is 1.66. The van der Waals surface area contributed by atoms with Gasteiger partial charge in [0.15, 0.2) is 6.61 Å². The standard InChI is InChI=1S/C15H20N2O4/c1-3-20-13-7-11(15(13)19-2)16-9-4-5-12-10(6-9)17-14(18)8-21-12/h4-6,11,13,15-16H,3,7-8H2,1-2H3,(H,17,18).